The van der Waals surface area contributed by atoms with Crippen LogP contribution in [0, 0.1) is 11.8 Å². The van der Waals surface area contributed by atoms with E-state index in [1.54, 1.807) is 45.0 Å². The van der Waals surface area contributed by atoms with Crippen LogP contribution in [0.1, 0.15) is 111 Å². The molecule has 2 aliphatic rings. The van der Waals surface area contributed by atoms with E-state index in [4.69, 9.17) is 14.2 Å². The highest BCUT2D eigenvalue weighted by atomic mass is 16.6. The number of carbonyl (C=O) groups is 1. The molecule has 1 aromatic carbocycles. The fraction of sp³-hybridized carbons (Fsp3) is 0.714. The highest BCUT2D eigenvalue weighted by Crippen LogP contribution is 2.28. The third-order valence-electron chi connectivity index (χ3n) is 9.17. The number of anilines is 1. The molecule has 2 fully saturated rings. The summed E-state index contributed by atoms with van der Waals surface area (Å²) in [7, 11) is 0. The second-order valence-corrected chi connectivity index (χ2v) is 13.2. The van der Waals surface area contributed by atoms with Crippen molar-refractivity contribution in [2.45, 2.75) is 129 Å². The highest BCUT2D eigenvalue weighted by molar-refractivity contribution is 5.79. The van der Waals surface area contributed by atoms with Crippen LogP contribution in [0.25, 0.3) is 0 Å². The molecule has 0 saturated heterocycles. The number of hydrogen-bond acceptors (Lipinski definition) is 8. The van der Waals surface area contributed by atoms with Gasteiger partial charge in [-0.2, -0.15) is 0 Å². The van der Waals surface area contributed by atoms with Gasteiger partial charge in [0.1, 0.15) is 18.1 Å². The van der Waals surface area contributed by atoms with E-state index in [2.05, 4.69) is 10.4 Å². The zero-order valence-electron chi connectivity index (χ0n) is 27.7. The quantitative estimate of drug-likeness (QED) is 0.160. The number of hydrogen-bond donors (Lipinski definition) is 1. The van der Waals surface area contributed by atoms with Gasteiger partial charge in [-0.05, 0) is 82.6 Å². The third kappa shape index (κ3) is 10.6. The molecule has 250 valence electrons. The molecule has 0 bridgehead atoms. The van der Waals surface area contributed by atoms with Crippen molar-refractivity contribution in [3.05, 3.63) is 45.1 Å². The number of rotatable bonds is 17. The van der Waals surface area contributed by atoms with Gasteiger partial charge >= 0.3 is 11.7 Å². The van der Waals surface area contributed by atoms with Crippen molar-refractivity contribution in [1.82, 2.24) is 14.3 Å². The molecule has 0 amide bonds. The van der Waals surface area contributed by atoms with E-state index in [1.165, 1.54) is 73.5 Å². The maximum Gasteiger partial charge on any atom is 0.349 e. The van der Waals surface area contributed by atoms with Crippen LogP contribution in [0.4, 0.5) is 5.82 Å². The number of carbonyl (C=O) groups excluding carboxylic acids is 1. The number of nitrogens with one attached hydrogen (secondary N) is 1. The Bertz CT molecular complexity index is 1310. The Labute approximate surface area is 267 Å². The van der Waals surface area contributed by atoms with Gasteiger partial charge in [0, 0.05) is 13.1 Å². The Morgan fingerprint density at radius 1 is 0.889 bits per heavy atom. The van der Waals surface area contributed by atoms with Crippen molar-refractivity contribution < 1.29 is 19.0 Å². The van der Waals surface area contributed by atoms with E-state index in [-0.39, 0.29) is 30.3 Å². The Morgan fingerprint density at radius 2 is 1.47 bits per heavy atom. The second kappa shape index (κ2) is 17.4. The molecular weight excluding hydrogens is 572 g/mol. The van der Waals surface area contributed by atoms with Crippen LogP contribution in [0.15, 0.2) is 33.9 Å². The van der Waals surface area contributed by atoms with Crippen LogP contribution < -0.4 is 26.0 Å². The summed E-state index contributed by atoms with van der Waals surface area (Å²) in [5.41, 5.74) is -1.77. The summed E-state index contributed by atoms with van der Waals surface area (Å²) in [6, 6.07) is 7.00. The largest absolute Gasteiger partial charge is 0.492 e. The Balaban J connectivity index is 1.34. The lowest BCUT2D eigenvalue weighted by atomic mass is 9.86. The van der Waals surface area contributed by atoms with Crippen LogP contribution in [0.2, 0.25) is 0 Å². The first kappa shape index (κ1) is 34.6. The lowest BCUT2D eigenvalue weighted by molar-refractivity contribution is -0.158. The number of aryl methyl sites for hydroxylation is 1. The summed E-state index contributed by atoms with van der Waals surface area (Å²) >= 11 is 0. The molecule has 0 atom stereocenters. The smallest absolute Gasteiger partial charge is 0.349 e. The predicted molar refractivity (Wildman–Crippen MR) is 176 cm³/mol. The molecule has 1 aromatic heterocycles. The average Bonchev–Trinajstić information content (AvgIpc) is 3.04. The van der Waals surface area contributed by atoms with Crippen molar-refractivity contribution in [2.24, 2.45) is 11.8 Å². The van der Waals surface area contributed by atoms with Crippen LogP contribution in [-0.4, -0.2) is 45.7 Å². The Kier molecular flexibility index (Phi) is 13.4. The van der Waals surface area contributed by atoms with Gasteiger partial charge in [0.15, 0.2) is 5.60 Å². The molecule has 2 aliphatic carbocycles. The summed E-state index contributed by atoms with van der Waals surface area (Å²) in [4.78, 5) is 38.9. The summed E-state index contributed by atoms with van der Waals surface area (Å²) in [5.74, 6) is 2.35. The maximum absolute atomic E-state index is 13.4. The SMILES string of the molecule is CCOC(=O)C(C)(C)Oc1ccc(OCCNc2nn(CCCC3CCCCC3)c(=O)n(CCCC3CCCCC3)c2=O)cc1. The van der Waals surface area contributed by atoms with Crippen molar-refractivity contribution in [3.63, 3.8) is 0 Å². The second-order valence-electron chi connectivity index (χ2n) is 13.2. The minimum absolute atomic E-state index is 0.193. The van der Waals surface area contributed by atoms with Crippen molar-refractivity contribution >= 4 is 11.8 Å². The molecule has 1 heterocycles. The third-order valence-corrected chi connectivity index (χ3v) is 9.17. The van der Waals surface area contributed by atoms with Gasteiger partial charge in [-0.1, -0.05) is 64.2 Å². The molecule has 1 N–H and O–H groups in total. The van der Waals surface area contributed by atoms with Crippen LogP contribution >= 0.6 is 0 Å². The molecule has 2 saturated carbocycles. The topological polar surface area (TPSA) is 114 Å². The number of nitrogens with zero attached hydrogens (tertiary/aromatic N) is 3. The van der Waals surface area contributed by atoms with Gasteiger partial charge in [-0.3, -0.25) is 9.36 Å². The molecule has 0 unspecified atom stereocenters. The monoisotopic (exact) mass is 626 g/mol. The number of esters is 1. The minimum Gasteiger partial charge on any atom is -0.492 e. The fourth-order valence-electron chi connectivity index (χ4n) is 6.62. The molecule has 0 aliphatic heterocycles. The van der Waals surface area contributed by atoms with Crippen LogP contribution in [-0.2, 0) is 22.6 Å². The Hall–Kier alpha value is -3.30. The van der Waals surface area contributed by atoms with Crippen molar-refractivity contribution in [3.8, 4) is 11.5 Å². The van der Waals surface area contributed by atoms with Gasteiger partial charge in [0.05, 0.1) is 13.2 Å². The van der Waals surface area contributed by atoms with Gasteiger partial charge in [-0.15, -0.1) is 5.10 Å². The standard InChI is InChI=1S/C35H54N4O6/c1-4-43-33(41)35(2,3)45-30-21-19-29(20-22-30)44-26-23-36-31-32(40)38(24-11-17-27-13-7-5-8-14-27)34(42)39(37-31)25-12-18-28-15-9-6-10-16-28/h19-22,27-28H,4-18,23-26H2,1-3H3,(H,36,37). The summed E-state index contributed by atoms with van der Waals surface area (Å²) in [6.07, 6.45) is 16.7. The van der Waals surface area contributed by atoms with Gasteiger partial charge < -0.3 is 19.5 Å². The molecule has 2 aromatic rings. The van der Waals surface area contributed by atoms with E-state index in [9.17, 15) is 14.4 Å². The lowest BCUT2D eigenvalue weighted by Crippen LogP contribution is -2.43. The normalized spacial score (nSPS) is 16.3. The lowest BCUT2D eigenvalue weighted by Gasteiger charge is -2.24. The zero-order valence-corrected chi connectivity index (χ0v) is 27.7. The van der Waals surface area contributed by atoms with Crippen LogP contribution in [0.5, 0.6) is 11.5 Å². The molecular formula is C35H54N4O6. The first-order valence-electron chi connectivity index (χ1n) is 17.3. The predicted octanol–water partition coefficient (Wildman–Crippen LogP) is 6.34. The summed E-state index contributed by atoms with van der Waals surface area (Å²) in [6.45, 7) is 6.96. The van der Waals surface area contributed by atoms with E-state index in [0.29, 0.717) is 37.1 Å². The Morgan fingerprint density at radius 3 is 2.07 bits per heavy atom. The number of benzene rings is 1. The van der Waals surface area contributed by atoms with Gasteiger partial charge in [0.25, 0.3) is 5.56 Å². The van der Waals surface area contributed by atoms with Gasteiger partial charge in [-0.25, -0.2) is 14.3 Å². The summed E-state index contributed by atoms with van der Waals surface area (Å²) in [5, 5.41) is 7.61. The average molecular weight is 627 g/mol. The fourth-order valence-corrected chi connectivity index (χ4v) is 6.62. The van der Waals surface area contributed by atoms with E-state index < -0.39 is 11.6 Å². The molecule has 10 heteroatoms. The first-order valence-corrected chi connectivity index (χ1v) is 17.3. The van der Waals surface area contributed by atoms with E-state index in [1.807, 2.05) is 0 Å². The summed E-state index contributed by atoms with van der Waals surface area (Å²) < 4.78 is 19.6. The zero-order chi connectivity index (χ0) is 32.1. The van der Waals surface area contributed by atoms with E-state index >= 15 is 0 Å². The molecule has 4 rings (SSSR count). The van der Waals surface area contributed by atoms with E-state index in [0.717, 1.165) is 31.6 Å². The highest BCUT2D eigenvalue weighted by Gasteiger charge is 2.31. The van der Waals surface area contributed by atoms with Crippen LogP contribution in [0.3, 0.4) is 0 Å². The van der Waals surface area contributed by atoms with Gasteiger partial charge in [0.2, 0.25) is 5.82 Å². The molecule has 0 spiro atoms. The number of aromatic nitrogens is 3. The molecule has 10 nitrogen and oxygen atoms in total. The first-order chi connectivity index (χ1) is 21.8. The van der Waals surface area contributed by atoms with Crippen molar-refractivity contribution in [2.75, 3.05) is 25.1 Å². The number of ether oxygens (including phenoxy) is 3. The maximum atomic E-state index is 13.4. The molecule has 0 radical (unpaired) electrons. The molecule has 45 heavy (non-hydrogen) atoms. The minimum atomic E-state index is -1.11. The van der Waals surface area contributed by atoms with Crippen molar-refractivity contribution in [1.29, 1.82) is 0 Å².